The summed E-state index contributed by atoms with van der Waals surface area (Å²) in [5.74, 6) is 0.672. The van der Waals surface area contributed by atoms with E-state index >= 15 is 0 Å². The highest BCUT2D eigenvalue weighted by atomic mass is 35.5. The van der Waals surface area contributed by atoms with Crippen LogP contribution < -0.4 is 10.5 Å². The molecule has 1 aromatic heterocycles. The predicted molar refractivity (Wildman–Crippen MR) is 102 cm³/mol. The van der Waals surface area contributed by atoms with Gasteiger partial charge in [0.25, 0.3) is 5.91 Å². The minimum Gasteiger partial charge on any atom is -0.496 e. The third-order valence-electron chi connectivity index (χ3n) is 4.54. The number of aryl methyl sites for hydroxylation is 1. The molecular formula is C18H22ClN3O2S. The van der Waals surface area contributed by atoms with Gasteiger partial charge in [0, 0.05) is 30.5 Å². The van der Waals surface area contributed by atoms with E-state index in [0.29, 0.717) is 34.5 Å². The first-order valence-corrected chi connectivity index (χ1v) is 9.65. The number of likely N-dealkylation sites (tertiary alicyclic amines) is 1. The van der Waals surface area contributed by atoms with Gasteiger partial charge in [0.1, 0.15) is 5.75 Å². The van der Waals surface area contributed by atoms with Crippen molar-refractivity contribution >= 4 is 34.5 Å². The lowest BCUT2D eigenvalue weighted by Gasteiger charge is -2.32. The summed E-state index contributed by atoms with van der Waals surface area (Å²) in [6, 6.07) is 3.20. The Kier molecular flexibility index (Phi) is 5.49. The number of nitrogens with zero attached hydrogens (tertiary/aromatic N) is 2. The molecule has 0 bridgehead atoms. The monoisotopic (exact) mass is 379 g/mol. The number of amides is 1. The van der Waals surface area contributed by atoms with E-state index in [0.717, 1.165) is 36.5 Å². The van der Waals surface area contributed by atoms with Gasteiger partial charge in [-0.3, -0.25) is 4.79 Å². The number of nitrogen functional groups attached to an aromatic ring is 1. The van der Waals surface area contributed by atoms with Crippen molar-refractivity contribution < 1.29 is 9.53 Å². The summed E-state index contributed by atoms with van der Waals surface area (Å²) in [5.41, 5.74) is 7.79. The lowest BCUT2D eigenvalue weighted by molar-refractivity contribution is 0.0703. The molecule has 1 unspecified atom stereocenters. The Bertz CT molecular complexity index is 778. The molecule has 1 saturated heterocycles. The molecule has 1 aliphatic heterocycles. The van der Waals surface area contributed by atoms with Gasteiger partial charge in [0.05, 0.1) is 34.1 Å². The molecule has 0 saturated carbocycles. The molecule has 1 fully saturated rings. The fourth-order valence-corrected chi connectivity index (χ4v) is 4.31. The van der Waals surface area contributed by atoms with Crippen LogP contribution in [0.25, 0.3) is 0 Å². The molecule has 0 spiro atoms. The number of carbonyl (C=O) groups is 1. The van der Waals surface area contributed by atoms with Gasteiger partial charge in [-0.05, 0) is 25.3 Å². The maximum Gasteiger partial charge on any atom is 0.257 e. The molecule has 134 valence electrons. The molecule has 7 heteroatoms. The fourth-order valence-electron chi connectivity index (χ4n) is 3.11. The zero-order valence-corrected chi connectivity index (χ0v) is 16.0. The molecule has 1 atom stereocenters. The third-order valence-corrected chi connectivity index (χ3v) is 5.92. The first-order valence-electron chi connectivity index (χ1n) is 8.40. The minimum atomic E-state index is -0.0734. The van der Waals surface area contributed by atoms with E-state index in [2.05, 4.69) is 12.3 Å². The van der Waals surface area contributed by atoms with Crippen molar-refractivity contribution in [2.24, 2.45) is 0 Å². The standard InChI is InChI=1S/C18H22ClN3O2S/c1-3-12-10-25-17(21-12)11-5-4-6-22(9-11)18(23)13-7-14(19)15(20)8-16(13)24-2/h7-8,10-11H,3-6,9,20H2,1-2H3. The average molecular weight is 380 g/mol. The Morgan fingerprint density at radius 3 is 3.00 bits per heavy atom. The highest BCUT2D eigenvalue weighted by Crippen LogP contribution is 2.33. The zero-order valence-electron chi connectivity index (χ0n) is 14.4. The zero-order chi connectivity index (χ0) is 18.0. The molecule has 0 radical (unpaired) electrons. The molecule has 25 heavy (non-hydrogen) atoms. The molecule has 3 rings (SSSR count). The normalized spacial score (nSPS) is 17.6. The van der Waals surface area contributed by atoms with Crippen LogP contribution in [-0.2, 0) is 6.42 Å². The van der Waals surface area contributed by atoms with Gasteiger partial charge in [-0.2, -0.15) is 0 Å². The van der Waals surface area contributed by atoms with Crippen molar-refractivity contribution in [3.63, 3.8) is 0 Å². The topological polar surface area (TPSA) is 68.5 Å². The van der Waals surface area contributed by atoms with Crippen molar-refractivity contribution in [3.8, 4) is 5.75 Å². The molecule has 2 heterocycles. The van der Waals surface area contributed by atoms with E-state index in [-0.39, 0.29) is 5.91 Å². The van der Waals surface area contributed by atoms with Crippen LogP contribution in [0.3, 0.4) is 0 Å². The van der Waals surface area contributed by atoms with Crippen LogP contribution in [0.15, 0.2) is 17.5 Å². The average Bonchev–Trinajstić information content (AvgIpc) is 3.12. The number of anilines is 1. The summed E-state index contributed by atoms with van der Waals surface area (Å²) in [6.45, 7) is 3.50. The summed E-state index contributed by atoms with van der Waals surface area (Å²) in [7, 11) is 1.53. The quantitative estimate of drug-likeness (QED) is 0.816. The summed E-state index contributed by atoms with van der Waals surface area (Å²) < 4.78 is 5.33. The molecule has 1 aliphatic rings. The number of thiazole rings is 1. The Morgan fingerprint density at radius 2 is 2.32 bits per heavy atom. The molecular weight excluding hydrogens is 358 g/mol. The molecule has 2 N–H and O–H groups in total. The number of rotatable bonds is 4. The second kappa shape index (κ2) is 7.62. The minimum absolute atomic E-state index is 0.0734. The number of hydrogen-bond donors (Lipinski definition) is 1. The lowest BCUT2D eigenvalue weighted by Crippen LogP contribution is -2.39. The maximum absolute atomic E-state index is 13.0. The van der Waals surface area contributed by atoms with E-state index in [1.54, 1.807) is 23.5 Å². The van der Waals surface area contributed by atoms with Crippen molar-refractivity contribution in [1.29, 1.82) is 0 Å². The summed E-state index contributed by atoms with van der Waals surface area (Å²) in [5, 5.41) is 3.60. The van der Waals surface area contributed by atoms with Crippen molar-refractivity contribution in [2.75, 3.05) is 25.9 Å². The Morgan fingerprint density at radius 1 is 1.52 bits per heavy atom. The first-order chi connectivity index (χ1) is 12.0. The van der Waals surface area contributed by atoms with Gasteiger partial charge in [-0.1, -0.05) is 18.5 Å². The van der Waals surface area contributed by atoms with Gasteiger partial charge in [-0.15, -0.1) is 11.3 Å². The van der Waals surface area contributed by atoms with Crippen molar-refractivity contribution in [2.45, 2.75) is 32.1 Å². The summed E-state index contributed by atoms with van der Waals surface area (Å²) >= 11 is 7.80. The van der Waals surface area contributed by atoms with Crippen LogP contribution in [0.5, 0.6) is 5.75 Å². The number of benzene rings is 1. The second-order valence-corrected chi connectivity index (χ2v) is 7.49. The third kappa shape index (κ3) is 3.75. The largest absolute Gasteiger partial charge is 0.496 e. The number of aromatic nitrogens is 1. The van der Waals surface area contributed by atoms with Gasteiger partial charge in [-0.25, -0.2) is 4.98 Å². The Balaban J connectivity index is 1.81. The number of piperidine rings is 1. The van der Waals surface area contributed by atoms with Gasteiger partial charge in [0.15, 0.2) is 0 Å². The summed E-state index contributed by atoms with van der Waals surface area (Å²) in [4.78, 5) is 19.6. The molecule has 0 aliphatic carbocycles. The van der Waals surface area contributed by atoms with Crippen LogP contribution in [0.2, 0.25) is 5.02 Å². The van der Waals surface area contributed by atoms with Gasteiger partial charge >= 0.3 is 0 Å². The number of carbonyl (C=O) groups excluding carboxylic acids is 1. The highest BCUT2D eigenvalue weighted by molar-refractivity contribution is 7.09. The summed E-state index contributed by atoms with van der Waals surface area (Å²) in [6.07, 6.45) is 2.95. The Labute approximate surface area is 156 Å². The van der Waals surface area contributed by atoms with E-state index < -0.39 is 0 Å². The molecule has 1 aromatic carbocycles. The van der Waals surface area contributed by atoms with Crippen LogP contribution in [0.1, 0.15) is 46.7 Å². The molecule has 5 nitrogen and oxygen atoms in total. The number of hydrogen-bond acceptors (Lipinski definition) is 5. The predicted octanol–water partition coefficient (Wildman–Crippen LogP) is 3.97. The van der Waals surface area contributed by atoms with Gasteiger partial charge < -0.3 is 15.4 Å². The highest BCUT2D eigenvalue weighted by Gasteiger charge is 2.29. The van der Waals surface area contributed by atoms with Crippen LogP contribution in [0, 0.1) is 0 Å². The van der Waals surface area contributed by atoms with Crippen LogP contribution >= 0.6 is 22.9 Å². The fraction of sp³-hybridized carbons (Fsp3) is 0.444. The SMILES string of the molecule is CCc1csc(C2CCCN(C(=O)c3cc(Cl)c(N)cc3OC)C2)n1. The first kappa shape index (κ1) is 18.0. The van der Waals surface area contributed by atoms with E-state index in [9.17, 15) is 4.79 Å². The lowest BCUT2D eigenvalue weighted by atomic mass is 9.97. The number of nitrogens with two attached hydrogens (primary N) is 1. The second-order valence-electron chi connectivity index (χ2n) is 6.19. The number of halogens is 1. The smallest absolute Gasteiger partial charge is 0.257 e. The molecule has 2 aromatic rings. The number of ether oxygens (including phenoxy) is 1. The van der Waals surface area contributed by atoms with E-state index in [1.807, 2.05) is 4.90 Å². The van der Waals surface area contributed by atoms with Crippen molar-refractivity contribution in [1.82, 2.24) is 9.88 Å². The van der Waals surface area contributed by atoms with E-state index in [4.69, 9.17) is 27.1 Å². The van der Waals surface area contributed by atoms with E-state index in [1.165, 1.54) is 7.11 Å². The van der Waals surface area contributed by atoms with Crippen LogP contribution in [0.4, 0.5) is 5.69 Å². The van der Waals surface area contributed by atoms with Crippen molar-refractivity contribution in [3.05, 3.63) is 38.8 Å². The van der Waals surface area contributed by atoms with Gasteiger partial charge in [0.2, 0.25) is 0 Å². The number of methoxy groups -OCH3 is 1. The van der Waals surface area contributed by atoms with Crippen LogP contribution in [-0.4, -0.2) is 36.0 Å². The molecule has 1 amide bonds. The maximum atomic E-state index is 13.0. The Hall–Kier alpha value is -1.79.